The van der Waals surface area contributed by atoms with Crippen LogP contribution in [0.3, 0.4) is 0 Å². The fraction of sp³-hybridized carbons (Fsp3) is 0.242. The fourth-order valence-electron chi connectivity index (χ4n) is 7.31. The van der Waals surface area contributed by atoms with Crippen LogP contribution in [-0.4, -0.2) is 14.3 Å². The van der Waals surface area contributed by atoms with Gasteiger partial charge in [0.25, 0.3) is 15.9 Å². The normalized spacial score (nSPS) is 23.9. The second-order valence-corrected chi connectivity index (χ2v) is 14.0. The highest BCUT2D eigenvalue weighted by molar-refractivity contribution is 7.92. The van der Waals surface area contributed by atoms with E-state index in [1.165, 1.54) is 54.7 Å². The van der Waals surface area contributed by atoms with E-state index >= 15 is 0 Å². The summed E-state index contributed by atoms with van der Waals surface area (Å²) in [5.41, 5.74) is 4.99. The van der Waals surface area contributed by atoms with E-state index in [0.717, 1.165) is 5.69 Å². The minimum absolute atomic E-state index is 0.0432. The summed E-state index contributed by atoms with van der Waals surface area (Å²) in [7, 11) is -3.89. The molecular formula is C33H29Cl2N3O3S. The summed E-state index contributed by atoms with van der Waals surface area (Å²) in [6.45, 7) is 0. The van der Waals surface area contributed by atoms with E-state index in [2.05, 4.69) is 51.8 Å². The molecule has 1 amide bonds. The van der Waals surface area contributed by atoms with Gasteiger partial charge in [-0.05, 0) is 115 Å². The van der Waals surface area contributed by atoms with Crippen molar-refractivity contribution in [3.8, 4) is 0 Å². The molecule has 1 aliphatic heterocycles. The summed E-state index contributed by atoms with van der Waals surface area (Å²) >= 11 is 12.0. The van der Waals surface area contributed by atoms with Crippen molar-refractivity contribution >= 4 is 56.2 Å². The minimum atomic E-state index is -3.89. The Hall–Kier alpha value is -3.52. The third-order valence-corrected chi connectivity index (χ3v) is 11.0. The molecule has 2 fully saturated rings. The van der Waals surface area contributed by atoms with Crippen molar-refractivity contribution in [1.29, 1.82) is 0 Å². The molecule has 9 heteroatoms. The maximum absolute atomic E-state index is 13.3. The highest BCUT2D eigenvalue weighted by atomic mass is 35.5. The molecule has 0 aromatic heterocycles. The first kappa shape index (κ1) is 27.3. The molecule has 0 spiro atoms. The van der Waals surface area contributed by atoms with Crippen LogP contribution in [0.1, 0.15) is 52.7 Å². The molecule has 0 unspecified atom stereocenters. The summed E-state index contributed by atoms with van der Waals surface area (Å²) < 4.78 is 28.3. The first-order chi connectivity index (χ1) is 20.3. The standard InChI is InChI=1S/C33H29Cl2N3O3S/c34-23-9-15-29(27(35)18-23)38-42(40,41)25-12-10-24(11-13-25)36-33(39)22-8-14-28-26(17-22)30-20-6-7-21(16-20)31(30)32(37-28)19-4-2-1-3-5-19/h1-5,8-15,17-18,20-21,30-32,37-38H,6-7,16H2,(H,36,39)/t20-,21-,30-,31-,32-/m0/s1. The number of benzene rings is 4. The van der Waals surface area contributed by atoms with E-state index in [1.54, 1.807) is 18.2 Å². The van der Waals surface area contributed by atoms with Crippen LogP contribution in [0.15, 0.2) is 95.9 Å². The highest BCUT2D eigenvalue weighted by Gasteiger charge is 2.53. The molecule has 6 nitrogen and oxygen atoms in total. The number of hydrogen-bond donors (Lipinski definition) is 3. The quantitative estimate of drug-likeness (QED) is 0.203. The molecule has 2 aliphatic carbocycles. The molecule has 4 aromatic carbocycles. The van der Waals surface area contributed by atoms with E-state index in [-0.39, 0.29) is 27.6 Å². The smallest absolute Gasteiger partial charge is 0.261 e. The monoisotopic (exact) mass is 617 g/mol. The predicted octanol–water partition coefficient (Wildman–Crippen LogP) is 8.34. The molecule has 0 radical (unpaired) electrons. The van der Waals surface area contributed by atoms with Crippen molar-refractivity contribution in [2.75, 3.05) is 15.4 Å². The lowest BCUT2D eigenvalue weighted by Gasteiger charge is -2.43. The van der Waals surface area contributed by atoms with Gasteiger partial charge in [-0.3, -0.25) is 9.52 Å². The van der Waals surface area contributed by atoms with Crippen molar-refractivity contribution < 1.29 is 13.2 Å². The highest BCUT2D eigenvalue weighted by Crippen LogP contribution is 2.63. The van der Waals surface area contributed by atoms with Crippen LogP contribution in [0.25, 0.3) is 0 Å². The molecule has 2 bridgehead atoms. The number of nitrogens with one attached hydrogen (secondary N) is 3. The largest absolute Gasteiger partial charge is 0.378 e. The molecule has 7 rings (SSSR count). The molecule has 42 heavy (non-hydrogen) atoms. The lowest BCUT2D eigenvalue weighted by molar-refractivity contribution is 0.102. The van der Waals surface area contributed by atoms with Gasteiger partial charge in [-0.25, -0.2) is 8.42 Å². The van der Waals surface area contributed by atoms with Crippen LogP contribution in [0.4, 0.5) is 17.1 Å². The van der Waals surface area contributed by atoms with Crippen LogP contribution in [0.5, 0.6) is 0 Å². The van der Waals surface area contributed by atoms with Gasteiger partial charge < -0.3 is 10.6 Å². The van der Waals surface area contributed by atoms with Gasteiger partial charge in [0, 0.05) is 22.0 Å². The average molecular weight is 619 g/mol. The maximum atomic E-state index is 13.3. The Kier molecular flexibility index (Phi) is 6.92. The number of sulfonamides is 1. The fourth-order valence-corrected chi connectivity index (χ4v) is 8.91. The third kappa shape index (κ3) is 4.93. The molecule has 3 N–H and O–H groups in total. The number of hydrogen-bond acceptors (Lipinski definition) is 4. The number of rotatable bonds is 6. The summed E-state index contributed by atoms with van der Waals surface area (Å²) in [5, 5.41) is 7.35. The lowest BCUT2D eigenvalue weighted by Crippen LogP contribution is -2.35. The Balaban J connectivity index is 1.10. The molecule has 1 heterocycles. The number of carbonyl (C=O) groups excluding carboxylic acids is 1. The van der Waals surface area contributed by atoms with E-state index < -0.39 is 10.0 Å². The van der Waals surface area contributed by atoms with Crippen LogP contribution >= 0.6 is 23.2 Å². The van der Waals surface area contributed by atoms with Crippen molar-refractivity contribution in [2.45, 2.75) is 36.1 Å². The van der Waals surface area contributed by atoms with Crippen LogP contribution in [-0.2, 0) is 10.0 Å². The van der Waals surface area contributed by atoms with Crippen LogP contribution < -0.4 is 15.4 Å². The maximum Gasteiger partial charge on any atom is 0.261 e. The van der Waals surface area contributed by atoms with Gasteiger partial charge in [0.2, 0.25) is 0 Å². The second kappa shape index (κ2) is 10.6. The van der Waals surface area contributed by atoms with Crippen molar-refractivity contribution in [2.24, 2.45) is 17.8 Å². The Labute approximate surface area is 255 Å². The summed E-state index contributed by atoms with van der Waals surface area (Å²) in [6.07, 6.45) is 3.78. The first-order valence-electron chi connectivity index (χ1n) is 14.1. The molecule has 5 atom stereocenters. The lowest BCUT2D eigenvalue weighted by atomic mass is 9.68. The van der Waals surface area contributed by atoms with Gasteiger partial charge in [-0.15, -0.1) is 0 Å². The first-order valence-corrected chi connectivity index (χ1v) is 16.4. The van der Waals surface area contributed by atoms with Crippen molar-refractivity contribution in [3.63, 3.8) is 0 Å². The number of fused-ring (bicyclic) bond motifs is 7. The average Bonchev–Trinajstić information content (AvgIpc) is 3.62. The Morgan fingerprint density at radius 3 is 2.38 bits per heavy atom. The SMILES string of the molecule is O=C(Nc1ccc(S(=O)(=O)Nc2ccc(Cl)cc2Cl)cc1)c1ccc2c(c1)[C@@H]1[C@H]3CC[C@@H](C3)[C@@H]1[C@H](c1ccccc1)N2. The molecule has 214 valence electrons. The van der Waals surface area contributed by atoms with Crippen molar-refractivity contribution in [1.82, 2.24) is 0 Å². The Morgan fingerprint density at radius 2 is 1.62 bits per heavy atom. The molecule has 2 saturated carbocycles. The molecule has 0 saturated heterocycles. The summed E-state index contributed by atoms with van der Waals surface area (Å²) in [6, 6.07) is 27.5. The summed E-state index contributed by atoms with van der Waals surface area (Å²) in [4.78, 5) is 13.4. The van der Waals surface area contributed by atoms with E-state index in [9.17, 15) is 13.2 Å². The van der Waals surface area contributed by atoms with E-state index in [0.29, 0.717) is 39.9 Å². The van der Waals surface area contributed by atoms with Gasteiger partial charge >= 0.3 is 0 Å². The van der Waals surface area contributed by atoms with Gasteiger partial charge in [-0.2, -0.15) is 0 Å². The topological polar surface area (TPSA) is 87.3 Å². The number of halogens is 2. The molecule has 3 aliphatic rings. The Bertz CT molecular complexity index is 1780. The minimum Gasteiger partial charge on any atom is -0.378 e. The predicted molar refractivity (Wildman–Crippen MR) is 168 cm³/mol. The molecule has 4 aromatic rings. The summed E-state index contributed by atoms with van der Waals surface area (Å²) in [5.74, 6) is 2.07. The van der Waals surface area contributed by atoms with Crippen LogP contribution in [0.2, 0.25) is 10.0 Å². The van der Waals surface area contributed by atoms with Gasteiger partial charge in [0.1, 0.15) is 0 Å². The zero-order valence-electron chi connectivity index (χ0n) is 22.6. The van der Waals surface area contributed by atoms with Gasteiger partial charge in [0.15, 0.2) is 0 Å². The zero-order chi connectivity index (χ0) is 29.0. The second-order valence-electron chi connectivity index (χ2n) is 11.5. The number of amides is 1. The van der Waals surface area contributed by atoms with E-state index in [1.807, 2.05) is 12.1 Å². The van der Waals surface area contributed by atoms with Crippen molar-refractivity contribution in [3.05, 3.63) is 118 Å². The number of anilines is 3. The van der Waals surface area contributed by atoms with Gasteiger partial charge in [0.05, 0.1) is 21.6 Å². The van der Waals surface area contributed by atoms with Crippen LogP contribution in [0, 0.1) is 17.8 Å². The third-order valence-electron chi connectivity index (χ3n) is 9.11. The molecular weight excluding hydrogens is 589 g/mol. The number of carbonyl (C=O) groups is 1. The Morgan fingerprint density at radius 1 is 0.857 bits per heavy atom. The zero-order valence-corrected chi connectivity index (χ0v) is 24.9. The van der Waals surface area contributed by atoms with E-state index in [4.69, 9.17) is 23.2 Å². The van der Waals surface area contributed by atoms with Gasteiger partial charge in [-0.1, -0.05) is 53.5 Å².